The van der Waals surface area contributed by atoms with Gasteiger partial charge in [-0.3, -0.25) is 0 Å². The number of aromatic nitrogens is 4. The van der Waals surface area contributed by atoms with Gasteiger partial charge in [0.05, 0.1) is 29.6 Å². The lowest BCUT2D eigenvalue weighted by atomic mass is 10.2. The van der Waals surface area contributed by atoms with Gasteiger partial charge in [0.1, 0.15) is 0 Å². The number of hydrogen-bond donors (Lipinski definition) is 1. The Morgan fingerprint density at radius 3 is 2.48 bits per heavy atom. The maximum absolute atomic E-state index is 13.4. The number of methoxy groups -OCH3 is 1. The molecular weight excluding hydrogens is 381 g/mol. The number of thiazole rings is 1. The molecule has 0 aliphatic rings. The second-order valence-electron chi connectivity index (χ2n) is 5.55. The third kappa shape index (κ3) is 4.25. The summed E-state index contributed by atoms with van der Waals surface area (Å²) < 4.78 is 45.1. The van der Waals surface area contributed by atoms with Crippen LogP contribution in [0.15, 0.2) is 30.6 Å². The minimum absolute atomic E-state index is 0.0653. The Morgan fingerprint density at radius 2 is 1.89 bits per heavy atom. The summed E-state index contributed by atoms with van der Waals surface area (Å²) in [4.78, 5) is 17.4. The van der Waals surface area contributed by atoms with E-state index in [1.165, 1.54) is 30.5 Å². The minimum atomic E-state index is -4.58. The Morgan fingerprint density at radius 1 is 1.11 bits per heavy atom. The lowest BCUT2D eigenvalue weighted by Crippen LogP contribution is -2.11. The molecular formula is C16H15F3N6OS. The van der Waals surface area contributed by atoms with Gasteiger partial charge in [-0.25, -0.2) is 19.9 Å². The molecule has 27 heavy (non-hydrogen) atoms. The van der Waals surface area contributed by atoms with Gasteiger partial charge in [-0.2, -0.15) is 13.2 Å². The normalized spacial score (nSPS) is 11.3. The van der Waals surface area contributed by atoms with Crippen LogP contribution in [0.4, 0.5) is 29.9 Å². The zero-order valence-corrected chi connectivity index (χ0v) is 15.4. The summed E-state index contributed by atoms with van der Waals surface area (Å²) >= 11 is 0.915. The summed E-state index contributed by atoms with van der Waals surface area (Å²) in [6.45, 7) is 0. The molecule has 0 saturated carbocycles. The van der Waals surface area contributed by atoms with E-state index in [1.807, 2.05) is 0 Å². The lowest BCUT2D eigenvalue weighted by molar-refractivity contribution is -0.140. The Hall–Kier alpha value is -2.95. The molecule has 0 aliphatic heterocycles. The Balaban J connectivity index is 1.95. The van der Waals surface area contributed by atoms with E-state index in [0.717, 1.165) is 11.3 Å². The highest BCUT2D eigenvalue weighted by atomic mass is 32.1. The second-order valence-corrected chi connectivity index (χ2v) is 6.52. The topological polar surface area (TPSA) is 76.1 Å². The van der Waals surface area contributed by atoms with Crippen LogP contribution in [-0.2, 0) is 6.18 Å². The van der Waals surface area contributed by atoms with Crippen molar-refractivity contribution in [1.82, 2.24) is 19.9 Å². The van der Waals surface area contributed by atoms with Crippen molar-refractivity contribution in [3.63, 3.8) is 0 Å². The summed E-state index contributed by atoms with van der Waals surface area (Å²) in [7, 11) is 4.76. The molecule has 0 atom stereocenters. The third-order valence-corrected chi connectivity index (χ3v) is 4.60. The number of nitrogens with zero attached hydrogens (tertiary/aromatic N) is 5. The molecule has 0 aliphatic carbocycles. The fourth-order valence-corrected chi connectivity index (χ4v) is 3.09. The highest BCUT2D eigenvalue weighted by molar-refractivity contribution is 7.19. The Labute approximate surface area is 156 Å². The van der Waals surface area contributed by atoms with Crippen LogP contribution >= 0.6 is 11.3 Å². The van der Waals surface area contributed by atoms with Gasteiger partial charge >= 0.3 is 6.18 Å². The fraction of sp³-hybridized carbons (Fsp3) is 0.250. The van der Waals surface area contributed by atoms with Crippen molar-refractivity contribution < 1.29 is 17.9 Å². The molecule has 0 saturated heterocycles. The van der Waals surface area contributed by atoms with Gasteiger partial charge in [0.2, 0.25) is 11.8 Å². The van der Waals surface area contributed by atoms with E-state index in [0.29, 0.717) is 11.6 Å². The van der Waals surface area contributed by atoms with Crippen molar-refractivity contribution in [2.24, 2.45) is 0 Å². The highest BCUT2D eigenvalue weighted by Gasteiger charge is 2.38. The highest BCUT2D eigenvalue weighted by Crippen LogP contribution is 2.42. The van der Waals surface area contributed by atoms with Gasteiger partial charge < -0.3 is 15.0 Å². The molecule has 0 radical (unpaired) electrons. The molecule has 0 fully saturated rings. The SMILES string of the molecule is COc1ccc(Nc2nccc(-c3sc(N(C)C)nc3C(F)(F)F)n2)cn1. The molecule has 3 aromatic rings. The number of rotatable bonds is 5. The molecule has 0 unspecified atom stereocenters. The number of pyridine rings is 1. The standard InChI is InChI=1S/C16H15F3N6OS/c1-25(2)15-24-13(16(17,18)19)12(27-15)10-6-7-20-14(23-10)22-9-4-5-11(26-3)21-8-9/h4-8H,1-3H3,(H,20,22,23). The van der Waals surface area contributed by atoms with Crippen molar-refractivity contribution in [2.75, 3.05) is 31.4 Å². The smallest absolute Gasteiger partial charge is 0.434 e. The quantitative estimate of drug-likeness (QED) is 0.702. The van der Waals surface area contributed by atoms with Gasteiger partial charge in [-0.1, -0.05) is 11.3 Å². The van der Waals surface area contributed by atoms with Crippen molar-refractivity contribution in [3.05, 3.63) is 36.3 Å². The van der Waals surface area contributed by atoms with Crippen LogP contribution < -0.4 is 15.0 Å². The first-order valence-electron chi connectivity index (χ1n) is 7.64. The van der Waals surface area contributed by atoms with E-state index in [-0.39, 0.29) is 21.7 Å². The van der Waals surface area contributed by atoms with E-state index >= 15 is 0 Å². The molecule has 3 aromatic heterocycles. The average molecular weight is 396 g/mol. The van der Waals surface area contributed by atoms with Crippen LogP contribution in [0.1, 0.15) is 5.69 Å². The summed E-state index contributed by atoms with van der Waals surface area (Å²) in [6.07, 6.45) is -1.69. The Bertz CT molecular complexity index is 927. The monoisotopic (exact) mass is 396 g/mol. The maximum Gasteiger partial charge on any atom is 0.434 e. The van der Waals surface area contributed by atoms with Crippen molar-refractivity contribution in [2.45, 2.75) is 6.18 Å². The van der Waals surface area contributed by atoms with Crippen LogP contribution in [0.25, 0.3) is 10.6 Å². The minimum Gasteiger partial charge on any atom is -0.481 e. The van der Waals surface area contributed by atoms with Gasteiger partial charge in [-0.05, 0) is 12.1 Å². The number of ether oxygens (including phenoxy) is 1. The lowest BCUT2D eigenvalue weighted by Gasteiger charge is -2.08. The van der Waals surface area contributed by atoms with Gasteiger partial charge in [0.15, 0.2) is 10.8 Å². The zero-order chi connectivity index (χ0) is 19.6. The first-order chi connectivity index (χ1) is 12.8. The Kier molecular flexibility index (Phi) is 5.13. The van der Waals surface area contributed by atoms with E-state index in [4.69, 9.17) is 4.74 Å². The molecule has 3 rings (SSSR count). The largest absolute Gasteiger partial charge is 0.481 e. The summed E-state index contributed by atoms with van der Waals surface area (Å²) in [5, 5.41) is 3.15. The molecule has 11 heteroatoms. The maximum atomic E-state index is 13.4. The number of nitrogens with one attached hydrogen (secondary N) is 1. The van der Waals surface area contributed by atoms with Gasteiger partial charge in [0.25, 0.3) is 0 Å². The average Bonchev–Trinajstić information content (AvgIpc) is 3.09. The molecule has 0 bridgehead atoms. The predicted octanol–water partition coefficient (Wildman–Crippen LogP) is 3.83. The summed E-state index contributed by atoms with van der Waals surface area (Å²) in [5.74, 6) is 0.582. The molecule has 0 amide bonds. The fourth-order valence-electron chi connectivity index (χ4n) is 2.12. The number of hydrogen-bond acceptors (Lipinski definition) is 8. The first kappa shape index (κ1) is 18.8. The molecule has 7 nitrogen and oxygen atoms in total. The van der Waals surface area contributed by atoms with Gasteiger partial charge in [0, 0.05) is 26.4 Å². The summed E-state index contributed by atoms with van der Waals surface area (Å²) in [5.41, 5.74) is -0.263. The van der Waals surface area contributed by atoms with E-state index in [2.05, 4.69) is 25.3 Å². The molecule has 1 N–H and O–H groups in total. The van der Waals surface area contributed by atoms with Gasteiger partial charge in [-0.15, -0.1) is 0 Å². The molecule has 142 valence electrons. The van der Waals surface area contributed by atoms with Crippen LogP contribution in [0.2, 0.25) is 0 Å². The second kappa shape index (κ2) is 7.35. The zero-order valence-electron chi connectivity index (χ0n) is 14.6. The number of halogens is 3. The molecule has 0 aromatic carbocycles. The number of anilines is 3. The van der Waals surface area contributed by atoms with E-state index in [1.54, 1.807) is 26.2 Å². The predicted molar refractivity (Wildman–Crippen MR) is 96.5 cm³/mol. The van der Waals surface area contributed by atoms with Crippen molar-refractivity contribution >= 4 is 28.1 Å². The van der Waals surface area contributed by atoms with Crippen LogP contribution in [0.5, 0.6) is 5.88 Å². The van der Waals surface area contributed by atoms with E-state index in [9.17, 15) is 13.2 Å². The van der Waals surface area contributed by atoms with E-state index < -0.39 is 11.9 Å². The van der Waals surface area contributed by atoms with Crippen molar-refractivity contribution in [1.29, 1.82) is 0 Å². The number of alkyl halides is 3. The first-order valence-corrected chi connectivity index (χ1v) is 8.45. The van der Waals surface area contributed by atoms with Crippen LogP contribution in [-0.4, -0.2) is 41.1 Å². The third-order valence-electron chi connectivity index (χ3n) is 3.36. The van der Waals surface area contributed by atoms with Crippen molar-refractivity contribution in [3.8, 4) is 16.5 Å². The van der Waals surface area contributed by atoms with Crippen LogP contribution in [0.3, 0.4) is 0 Å². The van der Waals surface area contributed by atoms with Crippen LogP contribution in [0, 0.1) is 0 Å². The molecule has 3 heterocycles. The molecule has 0 spiro atoms. The summed E-state index contributed by atoms with van der Waals surface area (Å²) in [6, 6.07) is 4.75.